The normalized spacial score (nSPS) is 11.4. The molecule has 0 aliphatic heterocycles. The van der Waals surface area contributed by atoms with Crippen LogP contribution in [0.2, 0.25) is 0 Å². The third-order valence-electron chi connectivity index (χ3n) is 5.19. The van der Waals surface area contributed by atoms with Gasteiger partial charge in [-0.1, -0.05) is 18.2 Å². The first kappa shape index (κ1) is 24.7. The van der Waals surface area contributed by atoms with Crippen molar-refractivity contribution in [3.63, 3.8) is 0 Å². The number of aryl methyl sites for hydroxylation is 2. The smallest absolute Gasteiger partial charge is 0.321 e. The van der Waals surface area contributed by atoms with Crippen molar-refractivity contribution in [3.05, 3.63) is 70.4 Å². The zero-order valence-electron chi connectivity index (χ0n) is 18.7. The minimum atomic E-state index is -3.77. The molecule has 10 heteroatoms. The molecule has 3 aromatic rings. The average molecular weight is 491 g/mol. The number of carbonyl (C=O) groups excluding carboxylic acids is 2. The van der Waals surface area contributed by atoms with E-state index in [0.29, 0.717) is 12.1 Å². The molecule has 0 fully saturated rings. The Hall–Kier alpha value is -2.95. The second-order valence-electron chi connectivity index (χ2n) is 7.38. The fraction of sp³-hybridized carbons (Fsp3) is 0.304. The molecule has 0 amide bonds. The van der Waals surface area contributed by atoms with Crippen LogP contribution in [0, 0.1) is 13.8 Å². The number of nitrogens with one attached hydrogen (secondary N) is 1. The number of rotatable bonds is 11. The van der Waals surface area contributed by atoms with E-state index in [1.54, 1.807) is 24.6 Å². The predicted molar refractivity (Wildman–Crippen MR) is 125 cm³/mol. The van der Waals surface area contributed by atoms with E-state index in [9.17, 15) is 18.0 Å². The SMILES string of the molecule is COc1ccc(CCn2c(C)cc(C(=O)COC(=O)CNS(=O)(=O)c3cccs3)c2C)cc1. The largest absolute Gasteiger partial charge is 0.497 e. The van der Waals surface area contributed by atoms with E-state index in [1.165, 1.54) is 6.07 Å². The number of methoxy groups -OCH3 is 1. The van der Waals surface area contributed by atoms with Crippen molar-refractivity contribution in [2.24, 2.45) is 0 Å². The Morgan fingerprint density at radius 2 is 1.85 bits per heavy atom. The molecule has 1 aromatic carbocycles. The molecule has 0 saturated carbocycles. The number of nitrogens with zero attached hydrogens (tertiary/aromatic N) is 1. The van der Waals surface area contributed by atoms with Gasteiger partial charge in [-0.3, -0.25) is 9.59 Å². The van der Waals surface area contributed by atoms with E-state index in [-0.39, 0.29) is 9.99 Å². The third-order valence-corrected chi connectivity index (χ3v) is 7.99. The molecule has 8 nitrogen and oxygen atoms in total. The Bertz CT molecular complexity index is 1210. The van der Waals surface area contributed by atoms with Gasteiger partial charge in [-0.25, -0.2) is 8.42 Å². The zero-order valence-corrected chi connectivity index (χ0v) is 20.3. The number of hydrogen-bond acceptors (Lipinski definition) is 7. The average Bonchev–Trinajstić information content (AvgIpc) is 3.44. The van der Waals surface area contributed by atoms with Crippen LogP contribution in [-0.4, -0.2) is 45.0 Å². The Morgan fingerprint density at radius 1 is 1.12 bits per heavy atom. The molecule has 0 unspecified atom stereocenters. The van der Waals surface area contributed by atoms with E-state index in [0.717, 1.165) is 40.5 Å². The molecule has 0 radical (unpaired) electrons. The molecule has 3 rings (SSSR count). The van der Waals surface area contributed by atoms with Gasteiger partial charge in [-0.15, -0.1) is 11.3 Å². The highest BCUT2D eigenvalue weighted by Crippen LogP contribution is 2.18. The molecule has 176 valence electrons. The molecule has 0 bridgehead atoms. The minimum absolute atomic E-state index is 0.105. The van der Waals surface area contributed by atoms with Crippen LogP contribution >= 0.6 is 11.3 Å². The molecule has 0 aliphatic rings. The first-order valence-corrected chi connectivity index (χ1v) is 12.6. The quantitative estimate of drug-likeness (QED) is 0.327. The van der Waals surface area contributed by atoms with Crippen LogP contribution in [0.3, 0.4) is 0 Å². The van der Waals surface area contributed by atoms with Crippen molar-refractivity contribution in [2.75, 3.05) is 20.3 Å². The summed E-state index contributed by atoms with van der Waals surface area (Å²) in [6.45, 7) is 3.46. The van der Waals surface area contributed by atoms with E-state index in [2.05, 4.69) is 9.29 Å². The molecule has 0 spiro atoms. The van der Waals surface area contributed by atoms with E-state index in [1.807, 2.05) is 38.1 Å². The lowest BCUT2D eigenvalue weighted by atomic mass is 10.1. The highest BCUT2D eigenvalue weighted by atomic mass is 32.2. The summed E-state index contributed by atoms with van der Waals surface area (Å²) in [6, 6.07) is 12.6. The lowest BCUT2D eigenvalue weighted by Gasteiger charge is -2.10. The number of Topliss-reactive ketones (excluding diaryl/α,β-unsaturated/α-hetero) is 1. The van der Waals surface area contributed by atoms with Gasteiger partial charge in [0.1, 0.15) is 16.5 Å². The molecular formula is C23H26N2O6S2. The highest BCUT2D eigenvalue weighted by Gasteiger charge is 2.20. The number of aromatic nitrogens is 1. The lowest BCUT2D eigenvalue weighted by Crippen LogP contribution is -2.31. The van der Waals surface area contributed by atoms with Gasteiger partial charge in [0.15, 0.2) is 6.61 Å². The van der Waals surface area contributed by atoms with Crippen molar-refractivity contribution < 1.29 is 27.5 Å². The Balaban J connectivity index is 1.54. The molecule has 0 aliphatic carbocycles. The number of ether oxygens (including phenoxy) is 2. The van der Waals surface area contributed by atoms with Gasteiger partial charge in [-0.05, 0) is 55.5 Å². The van der Waals surface area contributed by atoms with Crippen molar-refractivity contribution in [3.8, 4) is 5.75 Å². The van der Waals surface area contributed by atoms with Crippen molar-refractivity contribution in [2.45, 2.75) is 31.0 Å². The fourth-order valence-electron chi connectivity index (χ4n) is 3.38. The molecule has 2 aromatic heterocycles. The number of thiophene rings is 1. The lowest BCUT2D eigenvalue weighted by molar-refractivity contribution is -0.141. The Morgan fingerprint density at radius 3 is 2.48 bits per heavy atom. The summed E-state index contributed by atoms with van der Waals surface area (Å²) in [7, 11) is -2.15. The predicted octanol–water partition coefficient (Wildman–Crippen LogP) is 3.12. The van der Waals surface area contributed by atoms with Gasteiger partial charge in [0.05, 0.1) is 7.11 Å². The monoisotopic (exact) mass is 490 g/mol. The molecular weight excluding hydrogens is 464 g/mol. The van der Waals surface area contributed by atoms with Crippen LogP contribution < -0.4 is 9.46 Å². The summed E-state index contributed by atoms with van der Waals surface area (Å²) in [6.07, 6.45) is 0.785. The topological polar surface area (TPSA) is 104 Å². The second-order valence-corrected chi connectivity index (χ2v) is 10.3. The summed E-state index contributed by atoms with van der Waals surface area (Å²) >= 11 is 1.04. The number of ketones is 1. The van der Waals surface area contributed by atoms with Crippen LogP contribution in [0.5, 0.6) is 5.75 Å². The molecule has 0 saturated heterocycles. The number of esters is 1. The number of sulfonamides is 1. The third kappa shape index (κ3) is 6.31. The number of hydrogen-bond donors (Lipinski definition) is 1. The highest BCUT2D eigenvalue weighted by molar-refractivity contribution is 7.91. The van der Waals surface area contributed by atoms with E-state index >= 15 is 0 Å². The van der Waals surface area contributed by atoms with Gasteiger partial charge in [0.25, 0.3) is 10.0 Å². The van der Waals surface area contributed by atoms with Crippen LogP contribution in [0.1, 0.15) is 27.3 Å². The van der Waals surface area contributed by atoms with Crippen LogP contribution in [-0.2, 0) is 32.5 Å². The number of benzene rings is 1. The van der Waals surface area contributed by atoms with Crippen molar-refractivity contribution in [1.82, 2.24) is 9.29 Å². The first-order valence-electron chi connectivity index (χ1n) is 10.2. The maximum Gasteiger partial charge on any atom is 0.321 e. The number of carbonyl (C=O) groups is 2. The van der Waals surface area contributed by atoms with Crippen LogP contribution in [0.25, 0.3) is 0 Å². The summed E-state index contributed by atoms with van der Waals surface area (Å²) < 4.78 is 38.6. The van der Waals surface area contributed by atoms with Crippen molar-refractivity contribution >= 4 is 33.1 Å². The molecule has 1 N–H and O–H groups in total. The minimum Gasteiger partial charge on any atom is -0.497 e. The Labute approximate surface area is 197 Å². The summed E-state index contributed by atoms with van der Waals surface area (Å²) in [5, 5.41) is 1.62. The summed E-state index contributed by atoms with van der Waals surface area (Å²) in [4.78, 5) is 24.6. The van der Waals surface area contributed by atoms with E-state index in [4.69, 9.17) is 9.47 Å². The maximum absolute atomic E-state index is 12.6. The molecule has 33 heavy (non-hydrogen) atoms. The first-order chi connectivity index (χ1) is 15.7. The zero-order chi connectivity index (χ0) is 24.0. The Kier molecular flexibility index (Phi) is 8.06. The van der Waals surface area contributed by atoms with E-state index < -0.39 is 29.1 Å². The summed E-state index contributed by atoms with van der Waals surface area (Å²) in [5.74, 6) is -0.362. The van der Waals surface area contributed by atoms with Crippen molar-refractivity contribution in [1.29, 1.82) is 0 Å². The second kappa shape index (κ2) is 10.8. The van der Waals surface area contributed by atoms with Crippen LogP contribution in [0.15, 0.2) is 52.1 Å². The van der Waals surface area contributed by atoms with Gasteiger partial charge in [0, 0.05) is 23.5 Å². The fourth-order valence-corrected chi connectivity index (χ4v) is 5.38. The van der Waals surface area contributed by atoms with Gasteiger partial charge in [0.2, 0.25) is 5.78 Å². The van der Waals surface area contributed by atoms with Gasteiger partial charge < -0.3 is 14.0 Å². The van der Waals surface area contributed by atoms with Gasteiger partial charge >= 0.3 is 5.97 Å². The molecule has 0 atom stereocenters. The maximum atomic E-state index is 12.6. The standard InChI is InChI=1S/C23H26N2O6S2/c1-16-13-20(17(2)25(16)11-10-18-6-8-19(30-3)9-7-18)21(26)15-31-22(27)14-24-33(28,29)23-5-4-12-32-23/h4-9,12-13,24H,10-11,14-15H2,1-3H3. The van der Waals surface area contributed by atoms with Gasteiger partial charge in [-0.2, -0.15) is 4.72 Å². The molecule has 2 heterocycles. The van der Waals surface area contributed by atoms with Crippen LogP contribution in [0.4, 0.5) is 0 Å². The summed E-state index contributed by atoms with van der Waals surface area (Å²) in [5.41, 5.74) is 3.35.